The van der Waals surface area contributed by atoms with E-state index in [1.807, 2.05) is 24.3 Å². The molecule has 1 unspecified atom stereocenters. The molecule has 0 aliphatic carbocycles. The number of β-amino-alcohol motifs (C(OH)–C–C–N with tert-alkyl or cyclic N) is 1. The second-order valence-corrected chi connectivity index (χ2v) is 6.26. The molecule has 126 valence electrons. The largest absolute Gasteiger partial charge is 0.389 e. The summed E-state index contributed by atoms with van der Waals surface area (Å²) in [6.07, 6.45) is 5.62. The minimum atomic E-state index is -0.477. The van der Waals surface area contributed by atoms with Crippen molar-refractivity contribution >= 4 is 11.6 Å². The van der Waals surface area contributed by atoms with E-state index in [4.69, 9.17) is 22.8 Å². The van der Waals surface area contributed by atoms with Crippen LogP contribution in [0.2, 0.25) is 5.02 Å². The van der Waals surface area contributed by atoms with E-state index in [0.717, 1.165) is 44.7 Å². The van der Waals surface area contributed by atoms with Crippen LogP contribution >= 0.6 is 11.6 Å². The summed E-state index contributed by atoms with van der Waals surface area (Å²) < 4.78 is 5.58. The summed E-state index contributed by atoms with van der Waals surface area (Å²) in [5, 5.41) is 10.8. The van der Waals surface area contributed by atoms with Crippen LogP contribution in [0.15, 0.2) is 24.3 Å². The number of hydrogen-bond donors (Lipinski definition) is 1. The predicted octanol–water partition coefficient (Wildman–Crippen LogP) is 1.86. The zero-order chi connectivity index (χ0) is 16.5. The first-order chi connectivity index (χ1) is 11.2. The van der Waals surface area contributed by atoms with Crippen LogP contribution in [0, 0.1) is 12.3 Å². The third-order valence-corrected chi connectivity index (χ3v) is 4.40. The number of terminal acetylenes is 1. The van der Waals surface area contributed by atoms with Gasteiger partial charge in [0.2, 0.25) is 0 Å². The summed E-state index contributed by atoms with van der Waals surface area (Å²) in [5.41, 5.74) is 0.948. The number of piperazine rings is 1. The molecule has 1 saturated heterocycles. The van der Waals surface area contributed by atoms with Gasteiger partial charge in [-0.25, -0.2) is 0 Å². The number of hydrogen-bond acceptors (Lipinski definition) is 4. The SMILES string of the molecule is C#CCCN1CCN(CC(O)COCc2ccccc2Cl)CC1. The smallest absolute Gasteiger partial charge is 0.0900 e. The van der Waals surface area contributed by atoms with Crippen molar-refractivity contribution in [3.05, 3.63) is 34.9 Å². The normalized spacial score (nSPS) is 17.8. The number of benzene rings is 1. The van der Waals surface area contributed by atoms with Crippen LogP contribution in [0.3, 0.4) is 0 Å². The van der Waals surface area contributed by atoms with Crippen LogP contribution in [-0.4, -0.2) is 66.9 Å². The van der Waals surface area contributed by atoms with Gasteiger partial charge in [0.25, 0.3) is 0 Å². The lowest BCUT2D eigenvalue weighted by Gasteiger charge is -2.35. The van der Waals surface area contributed by atoms with Crippen molar-refractivity contribution in [3.63, 3.8) is 0 Å². The summed E-state index contributed by atoms with van der Waals surface area (Å²) in [4.78, 5) is 4.65. The molecular formula is C18H25ClN2O2. The number of halogens is 1. The molecule has 1 heterocycles. The van der Waals surface area contributed by atoms with E-state index in [1.54, 1.807) is 0 Å². The highest BCUT2D eigenvalue weighted by Gasteiger charge is 2.18. The molecule has 5 heteroatoms. The van der Waals surface area contributed by atoms with Crippen molar-refractivity contribution in [2.75, 3.05) is 45.9 Å². The summed E-state index contributed by atoms with van der Waals surface area (Å²) in [6.45, 7) is 6.31. The molecule has 0 saturated carbocycles. The van der Waals surface area contributed by atoms with Crippen LogP contribution in [0.5, 0.6) is 0 Å². The monoisotopic (exact) mass is 336 g/mol. The van der Waals surface area contributed by atoms with E-state index in [9.17, 15) is 5.11 Å². The van der Waals surface area contributed by atoms with Crippen molar-refractivity contribution in [2.45, 2.75) is 19.1 Å². The summed E-state index contributed by atoms with van der Waals surface area (Å²) in [5.74, 6) is 2.68. The molecular weight excluding hydrogens is 312 g/mol. The maximum Gasteiger partial charge on any atom is 0.0900 e. The van der Waals surface area contributed by atoms with Gasteiger partial charge in [0.05, 0.1) is 19.3 Å². The molecule has 1 fully saturated rings. The minimum absolute atomic E-state index is 0.322. The van der Waals surface area contributed by atoms with Crippen molar-refractivity contribution in [1.29, 1.82) is 0 Å². The summed E-state index contributed by atoms with van der Waals surface area (Å²) >= 11 is 6.08. The predicted molar refractivity (Wildman–Crippen MR) is 93.4 cm³/mol. The van der Waals surface area contributed by atoms with Gasteiger partial charge < -0.3 is 9.84 Å². The topological polar surface area (TPSA) is 35.9 Å². The van der Waals surface area contributed by atoms with Crippen LogP contribution in [-0.2, 0) is 11.3 Å². The van der Waals surface area contributed by atoms with Gasteiger partial charge in [0, 0.05) is 50.7 Å². The van der Waals surface area contributed by atoms with Gasteiger partial charge in [0.15, 0.2) is 0 Å². The molecule has 0 amide bonds. The Morgan fingerprint density at radius 1 is 1.22 bits per heavy atom. The molecule has 0 radical (unpaired) electrons. The molecule has 1 aliphatic rings. The summed E-state index contributed by atoms with van der Waals surface area (Å²) in [7, 11) is 0. The third kappa shape index (κ3) is 6.50. The zero-order valence-corrected chi connectivity index (χ0v) is 14.2. The van der Waals surface area contributed by atoms with Gasteiger partial charge in [-0.3, -0.25) is 9.80 Å². The standard InChI is InChI=1S/C18H25ClN2O2/c1-2-3-8-20-9-11-21(12-10-20)13-17(22)15-23-14-16-6-4-5-7-18(16)19/h1,4-7,17,22H,3,8-15H2. The lowest BCUT2D eigenvalue weighted by molar-refractivity contribution is 0.00159. The lowest BCUT2D eigenvalue weighted by Crippen LogP contribution is -2.49. The molecule has 0 bridgehead atoms. The molecule has 0 spiro atoms. The second-order valence-electron chi connectivity index (χ2n) is 5.86. The lowest BCUT2D eigenvalue weighted by atomic mass is 10.2. The average Bonchev–Trinajstić information content (AvgIpc) is 2.56. The van der Waals surface area contributed by atoms with E-state index in [1.165, 1.54) is 0 Å². The Hall–Kier alpha value is -1.09. The molecule has 1 aliphatic heterocycles. The third-order valence-electron chi connectivity index (χ3n) is 4.03. The second kappa shape index (κ2) is 9.92. The van der Waals surface area contributed by atoms with Crippen molar-refractivity contribution < 1.29 is 9.84 Å². The first-order valence-electron chi connectivity index (χ1n) is 8.06. The van der Waals surface area contributed by atoms with Gasteiger partial charge >= 0.3 is 0 Å². The molecule has 1 aromatic rings. The molecule has 1 aromatic carbocycles. The average molecular weight is 337 g/mol. The van der Waals surface area contributed by atoms with E-state index >= 15 is 0 Å². The number of nitrogens with zero attached hydrogens (tertiary/aromatic N) is 2. The quantitative estimate of drug-likeness (QED) is 0.735. The zero-order valence-electron chi connectivity index (χ0n) is 13.5. The van der Waals surface area contributed by atoms with Gasteiger partial charge in [-0.15, -0.1) is 12.3 Å². The van der Waals surface area contributed by atoms with Crippen LogP contribution < -0.4 is 0 Å². The number of aliphatic hydroxyl groups is 1. The number of aliphatic hydroxyl groups excluding tert-OH is 1. The maximum absolute atomic E-state index is 10.1. The highest BCUT2D eigenvalue weighted by atomic mass is 35.5. The highest BCUT2D eigenvalue weighted by molar-refractivity contribution is 6.31. The Labute approximate surface area is 144 Å². The van der Waals surface area contributed by atoms with E-state index in [2.05, 4.69) is 15.7 Å². The van der Waals surface area contributed by atoms with Gasteiger partial charge in [-0.1, -0.05) is 29.8 Å². The molecule has 4 nitrogen and oxygen atoms in total. The Kier molecular flexibility index (Phi) is 7.87. The van der Waals surface area contributed by atoms with Crippen molar-refractivity contribution in [3.8, 4) is 12.3 Å². The minimum Gasteiger partial charge on any atom is -0.389 e. The molecule has 1 N–H and O–H groups in total. The number of rotatable bonds is 8. The van der Waals surface area contributed by atoms with Gasteiger partial charge in [-0.2, -0.15) is 0 Å². The molecule has 2 rings (SSSR count). The fraction of sp³-hybridized carbons (Fsp3) is 0.556. The van der Waals surface area contributed by atoms with Crippen LogP contribution in [0.1, 0.15) is 12.0 Å². The summed E-state index contributed by atoms with van der Waals surface area (Å²) in [6, 6.07) is 7.60. The van der Waals surface area contributed by atoms with Crippen molar-refractivity contribution in [1.82, 2.24) is 9.80 Å². The van der Waals surface area contributed by atoms with Gasteiger partial charge in [-0.05, 0) is 11.6 Å². The van der Waals surface area contributed by atoms with E-state index < -0.39 is 6.10 Å². The Morgan fingerprint density at radius 2 is 1.91 bits per heavy atom. The fourth-order valence-corrected chi connectivity index (χ4v) is 2.88. The van der Waals surface area contributed by atoms with E-state index in [-0.39, 0.29) is 0 Å². The fourth-order valence-electron chi connectivity index (χ4n) is 2.69. The molecule has 23 heavy (non-hydrogen) atoms. The molecule has 1 atom stereocenters. The first-order valence-corrected chi connectivity index (χ1v) is 8.44. The van der Waals surface area contributed by atoms with Crippen LogP contribution in [0.4, 0.5) is 0 Å². The van der Waals surface area contributed by atoms with E-state index in [0.29, 0.717) is 24.8 Å². The Morgan fingerprint density at radius 3 is 2.61 bits per heavy atom. The van der Waals surface area contributed by atoms with Crippen LogP contribution in [0.25, 0.3) is 0 Å². The number of ether oxygens (including phenoxy) is 1. The molecule has 0 aromatic heterocycles. The Bertz CT molecular complexity index is 510. The first kappa shape index (κ1) is 18.3. The van der Waals surface area contributed by atoms with Gasteiger partial charge in [0.1, 0.15) is 0 Å². The Balaban J connectivity index is 1.61. The maximum atomic E-state index is 10.1. The highest BCUT2D eigenvalue weighted by Crippen LogP contribution is 2.15. The van der Waals surface area contributed by atoms with Crippen molar-refractivity contribution in [2.24, 2.45) is 0 Å².